The third-order valence-corrected chi connectivity index (χ3v) is 4.63. The first-order valence-corrected chi connectivity index (χ1v) is 9.67. The molecule has 0 saturated carbocycles. The zero-order valence-corrected chi connectivity index (χ0v) is 19.7. The summed E-state index contributed by atoms with van der Waals surface area (Å²) < 4.78 is 11.3. The highest BCUT2D eigenvalue weighted by atomic mass is 127. The van der Waals surface area contributed by atoms with Crippen LogP contribution in [-0.2, 0) is 6.54 Å². The van der Waals surface area contributed by atoms with E-state index in [1.54, 1.807) is 18.4 Å². The molecule has 1 unspecified atom stereocenters. The predicted octanol–water partition coefficient (Wildman–Crippen LogP) is 4.29. The van der Waals surface area contributed by atoms with E-state index in [-0.39, 0.29) is 30.0 Å². The van der Waals surface area contributed by atoms with Crippen molar-refractivity contribution in [2.24, 2.45) is 4.99 Å². The van der Waals surface area contributed by atoms with Gasteiger partial charge in [-0.25, -0.2) is 4.98 Å². The second-order valence-electron chi connectivity index (χ2n) is 5.73. The van der Waals surface area contributed by atoms with Gasteiger partial charge in [0, 0.05) is 18.1 Å². The van der Waals surface area contributed by atoms with Crippen LogP contribution in [0.3, 0.4) is 0 Å². The van der Waals surface area contributed by atoms with Gasteiger partial charge in [0.25, 0.3) is 0 Å². The second kappa shape index (κ2) is 12.0. The molecule has 0 spiro atoms. The minimum Gasteiger partial charge on any atom is -0.490 e. The fraction of sp³-hybridized carbons (Fsp3) is 0.474. The number of halogens is 1. The largest absolute Gasteiger partial charge is 0.490 e. The first-order valence-electron chi connectivity index (χ1n) is 8.85. The molecule has 0 aliphatic rings. The van der Waals surface area contributed by atoms with Gasteiger partial charge in [-0.1, -0.05) is 6.07 Å². The summed E-state index contributed by atoms with van der Waals surface area (Å²) in [7, 11) is 1.76. The summed E-state index contributed by atoms with van der Waals surface area (Å²) >= 11 is 1.68. The van der Waals surface area contributed by atoms with E-state index in [4.69, 9.17) is 9.47 Å². The minimum atomic E-state index is 0. The average molecular weight is 504 g/mol. The Kier molecular flexibility index (Phi) is 10.5. The molecule has 0 radical (unpaired) electrons. The Morgan fingerprint density at radius 2 is 1.93 bits per heavy atom. The molecule has 8 heteroatoms. The van der Waals surface area contributed by atoms with E-state index in [1.807, 2.05) is 38.2 Å². The fourth-order valence-corrected chi connectivity index (χ4v) is 3.19. The summed E-state index contributed by atoms with van der Waals surface area (Å²) in [5.74, 6) is 2.27. The van der Waals surface area contributed by atoms with Gasteiger partial charge in [0.15, 0.2) is 17.5 Å². The van der Waals surface area contributed by atoms with Gasteiger partial charge in [-0.05, 0) is 45.4 Å². The van der Waals surface area contributed by atoms with Crippen molar-refractivity contribution in [2.75, 3.05) is 20.3 Å². The number of benzene rings is 1. The molecular weight excluding hydrogens is 475 g/mol. The lowest BCUT2D eigenvalue weighted by Gasteiger charge is -2.19. The van der Waals surface area contributed by atoms with E-state index < -0.39 is 0 Å². The van der Waals surface area contributed by atoms with E-state index in [1.165, 1.54) is 4.88 Å². The van der Waals surface area contributed by atoms with Crippen molar-refractivity contribution >= 4 is 41.3 Å². The summed E-state index contributed by atoms with van der Waals surface area (Å²) in [6, 6.07) is 6.08. The van der Waals surface area contributed by atoms with Crippen molar-refractivity contribution in [1.82, 2.24) is 15.6 Å². The van der Waals surface area contributed by atoms with Gasteiger partial charge in [-0.3, -0.25) is 4.99 Å². The topological polar surface area (TPSA) is 67.8 Å². The lowest BCUT2D eigenvalue weighted by molar-refractivity contribution is 0.287. The number of nitrogens with one attached hydrogen (secondary N) is 2. The Bertz CT molecular complexity index is 736. The summed E-state index contributed by atoms with van der Waals surface area (Å²) in [6.07, 6.45) is 1.88. The van der Waals surface area contributed by atoms with Crippen LogP contribution in [0, 0.1) is 6.92 Å². The van der Waals surface area contributed by atoms with Gasteiger partial charge >= 0.3 is 0 Å². The Morgan fingerprint density at radius 3 is 2.52 bits per heavy atom. The lowest BCUT2D eigenvalue weighted by atomic mass is 10.1. The molecule has 0 aliphatic heterocycles. The average Bonchev–Trinajstić information content (AvgIpc) is 3.05. The number of nitrogens with zero attached hydrogens (tertiary/aromatic N) is 2. The zero-order valence-electron chi connectivity index (χ0n) is 16.5. The molecule has 0 fully saturated rings. The quantitative estimate of drug-likeness (QED) is 0.319. The predicted molar refractivity (Wildman–Crippen MR) is 123 cm³/mol. The fourth-order valence-electron chi connectivity index (χ4n) is 2.46. The molecular formula is C19H29IN4O2S. The minimum absolute atomic E-state index is 0. The van der Waals surface area contributed by atoms with E-state index in [0.717, 1.165) is 28.0 Å². The van der Waals surface area contributed by atoms with Gasteiger partial charge in [-0.15, -0.1) is 35.3 Å². The Morgan fingerprint density at radius 1 is 1.22 bits per heavy atom. The molecule has 2 N–H and O–H groups in total. The summed E-state index contributed by atoms with van der Waals surface area (Å²) in [5, 5.41) is 7.74. The van der Waals surface area contributed by atoms with Crippen molar-refractivity contribution < 1.29 is 9.47 Å². The van der Waals surface area contributed by atoms with E-state index >= 15 is 0 Å². The molecule has 150 valence electrons. The smallest absolute Gasteiger partial charge is 0.191 e. The van der Waals surface area contributed by atoms with Crippen LogP contribution in [0.2, 0.25) is 0 Å². The first-order chi connectivity index (χ1) is 12.6. The molecule has 2 rings (SSSR count). The Labute approximate surface area is 182 Å². The van der Waals surface area contributed by atoms with Crippen LogP contribution in [0.25, 0.3) is 0 Å². The maximum absolute atomic E-state index is 5.71. The Balaban J connectivity index is 0.00000364. The molecule has 2 aromatic rings. The molecule has 0 saturated heterocycles. The third-order valence-electron chi connectivity index (χ3n) is 3.72. The monoisotopic (exact) mass is 504 g/mol. The van der Waals surface area contributed by atoms with Crippen molar-refractivity contribution in [3.05, 3.63) is 39.8 Å². The SMILES string of the molecule is CCOc1ccc(C(C)NC(=NC)NCc2ncc(C)s2)cc1OCC.I. The lowest BCUT2D eigenvalue weighted by Crippen LogP contribution is -2.38. The second-order valence-corrected chi connectivity index (χ2v) is 7.05. The van der Waals surface area contributed by atoms with Crippen molar-refractivity contribution in [2.45, 2.75) is 40.3 Å². The highest BCUT2D eigenvalue weighted by molar-refractivity contribution is 14.0. The van der Waals surface area contributed by atoms with Crippen LogP contribution < -0.4 is 20.1 Å². The maximum atomic E-state index is 5.71. The van der Waals surface area contributed by atoms with Gasteiger partial charge in [0.05, 0.1) is 25.8 Å². The van der Waals surface area contributed by atoms with Crippen molar-refractivity contribution in [3.8, 4) is 11.5 Å². The zero-order chi connectivity index (χ0) is 18.9. The molecule has 27 heavy (non-hydrogen) atoms. The number of rotatable bonds is 8. The number of thiazole rings is 1. The first kappa shape index (κ1) is 23.5. The van der Waals surface area contributed by atoms with Gasteiger partial charge < -0.3 is 20.1 Å². The van der Waals surface area contributed by atoms with Crippen molar-refractivity contribution in [1.29, 1.82) is 0 Å². The number of aryl methyl sites for hydroxylation is 1. The molecule has 0 bridgehead atoms. The van der Waals surface area contributed by atoms with Crippen molar-refractivity contribution in [3.63, 3.8) is 0 Å². The van der Waals surface area contributed by atoms with E-state index in [9.17, 15) is 0 Å². The highest BCUT2D eigenvalue weighted by Gasteiger charge is 2.12. The van der Waals surface area contributed by atoms with E-state index in [2.05, 4.69) is 34.5 Å². The third kappa shape index (κ3) is 7.17. The maximum Gasteiger partial charge on any atom is 0.191 e. The van der Waals surface area contributed by atoms with Crippen LogP contribution in [0.4, 0.5) is 0 Å². The molecule has 0 aliphatic carbocycles. The van der Waals surface area contributed by atoms with Crippen LogP contribution in [0.1, 0.15) is 42.3 Å². The molecule has 6 nitrogen and oxygen atoms in total. The number of aliphatic imine (C=N–C) groups is 1. The van der Waals surface area contributed by atoms with Crippen LogP contribution in [0.15, 0.2) is 29.4 Å². The summed E-state index contributed by atoms with van der Waals surface area (Å²) in [5.41, 5.74) is 1.10. The number of hydrogen-bond acceptors (Lipinski definition) is 5. The highest BCUT2D eigenvalue weighted by Crippen LogP contribution is 2.30. The summed E-state index contributed by atoms with van der Waals surface area (Å²) in [4.78, 5) is 9.86. The summed E-state index contributed by atoms with van der Waals surface area (Å²) in [6.45, 7) is 9.94. The molecule has 1 atom stereocenters. The number of guanidine groups is 1. The molecule has 1 aromatic heterocycles. The van der Waals surface area contributed by atoms with Gasteiger partial charge in [0.1, 0.15) is 5.01 Å². The number of aromatic nitrogens is 1. The van der Waals surface area contributed by atoms with E-state index in [0.29, 0.717) is 19.8 Å². The molecule has 1 heterocycles. The normalized spacial score (nSPS) is 12.1. The molecule has 1 aromatic carbocycles. The number of ether oxygens (including phenoxy) is 2. The van der Waals surface area contributed by atoms with Crippen LogP contribution in [0.5, 0.6) is 11.5 Å². The molecule has 0 amide bonds. The standard InChI is InChI=1S/C19H28N4O2S.HI/c1-6-24-16-9-8-15(10-17(16)25-7-2)14(4)23-19(20-5)22-12-18-21-11-13(3)26-18;/h8-11,14H,6-7,12H2,1-5H3,(H2,20,22,23);1H. The van der Waals surface area contributed by atoms with Gasteiger partial charge in [0.2, 0.25) is 0 Å². The van der Waals surface area contributed by atoms with Crippen LogP contribution in [-0.4, -0.2) is 31.2 Å². The van der Waals surface area contributed by atoms with Crippen LogP contribution >= 0.6 is 35.3 Å². The Hall–Kier alpha value is -1.55. The number of hydrogen-bond donors (Lipinski definition) is 2. The van der Waals surface area contributed by atoms with Gasteiger partial charge in [-0.2, -0.15) is 0 Å².